The van der Waals surface area contributed by atoms with E-state index in [0.29, 0.717) is 12.8 Å². The van der Waals surface area contributed by atoms with Crippen LogP contribution in [0.2, 0.25) is 0 Å². The molecule has 0 spiro atoms. The van der Waals surface area contributed by atoms with Gasteiger partial charge in [-0.1, -0.05) is 13.8 Å². The molecule has 0 aromatic carbocycles. The van der Waals surface area contributed by atoms with E-state index in [1.165, 1.54) is 6.92 Å². The minimum Gasteiger partial charge on any atom is -0.481 e. The van der Waals surface area contributed by atoms with Crippen molar-refractivity contribution in [3.63, 3.8) is 0 Å². The number of carbonyl (C=O) groups is 2. The Morgan fingerprint density at radius 1 is 1.33 bits per heavy atom. The van der Waals surface area contributed by atoms with Gasteiger partial charge in [0.2, 0.25) is 0 Å². The minimum atomic E-state index is -1.14. The van der Waals surface area contributed by atoms with Crippen LogP contribution in [-0.4, -0.2) is 16.9 Å². The monoisotopic (exact) mass is 170 g/mol. The Hall–Kier alpha value is -0.860. The number of carboxylic acid groups (broad SMARTS) is 1. The lowest BCUT2D eigenvalue weighted by Crippen LogP contribution is -2.36. The molecule has 1 fully saturated rings. The average molecular weight is 170 g/mol. The highest BCUT2D eigenvalue weighted by atomic mass is 16.4. The van der Waals surface area contributed by atoms with Gasteiger partial charge in [0.05, 0.1) is 0 Å². The van der Waals surface area contributed by atoms with Crippen LogP contribution >= 0.6 is 0 Å². The lowest BCUT2D eigenvalue weighted by Gasteiger charge is -2.20. The Labute approximate surface area is 71.8 Å². The van der Waals surface area contributed by atoms with Crippen LogP contribution in [0.25, 0.3) is 0 Å². The van der Waals surface area contributed by atoms with E-state index in [2.05, 4.69) is 0 Å². The average Bonchev–Trinajstić information content (AvgIpc) is 2.15. The topological polar surface area (TPSA) is 54.4 Å². The van der Waals surface area contributed by atoms with Crippen molar-refractivity contribution in [1.82, 2.24) is 0 Å². The maximum absolute atomic E-state index is 11.6. The van der Waals surface area contributed by atoms with E-state index >= 15 is 0 Å². The third-order valence-corrected chi connectivity index (χ3v) is 2.84. The van der Waals surface area contributed by atoms with Gasteiger partial charge in [-0.15, -0.1) is 0 Å². The predicted octanol–water partition coefficient (Wildman–Crippen LogP) is 1.47. The first-order chi connectivity index (χ1) is 5.31. The molecule has 3 heteroatoms. The molecule has 68 valence electrons. The van der Waals surface area contributed by atoms with Gasteiger partial charge in [-0.3, -0.25) is 9.59 Å². The molecule has 1 atom stereocenters. The summed E-state index contributed by atoms with van der Waals surface area (Å²) < 4.78 is 0. The Bertz CT molecular complexity index is 242. The zero-order valence-corrected chi connectivity index (χ0v) is 7.68. The number of hydrogen-bond acceptors (Lipinski definition) is 2. The fourth-order valence-electron chi connectivity index (χ4n) is 1.74. The number of ketones is 1. The third-order valence-electron chi connectivity index (χ3n) is 2.84. The zero-order chi connectivity index (χ0) is 9.57. The molecule has 0 aromatic rings. The molecule has 0 saturated heterocycles. The van der Waals surface area contributed by atoms with Crippen LogP contribution in [0.5, 0.6) is 0 Å². The maximum Gasteiger partial charge on any atom is 0.316 e. The van der Waals surface area contributed by atoms with E-state index in [1.807, 2.05) is 13.8 Å². The second-order valence-electron chi connectivity index (χ2n) is 4.35. The molecule has 3 nitrogen and oxygen atoms in total. The molecule has 1 N–H and O–H groups in total. The molecule has 0 radical (unpaired) electrons. The third kappa shape index (κ3) is 1.04. The summed E-state index contributed by atoms with van der Waals surface area (Å²) in [6.45, 7) is 5.14. The summed E-state index contributed by atoms with van der Waals surface area (Å²) in [4.78, 5) is 22.4. The summed E-state index contributed by atoms with van der Waals surface area (Å²) in [6, 6.07) is 0. The summed E-state index contributed by atoms with van der Waals surface area (Å²) in [5, 5.41) is 8.85. The number of aliphatic carboxylic acids is 1. The summed E-state index contributed by atoms with van der Waals surface area (Å²) in [7, 11) is 0. The Morgan fingerprint density at radius 3 is 2.00 bits per heavy atom. The largest absolute Gasteiger partial charge is 0.481 e. The maximum atomic E-state index is 11.6. The molecule has 1 rings (SSSR count). The normalized spacial score (nSPS) is 33.8. The fourth-order valence-corrected chi connectivity index (χ4v) is 1.74. The quantitative estimate of drug-likeness (QED) is 0.606. The number of rotatable bonds is 1. The van der Waals surface area contributed by atoms with Gasteiger partial charge in [-0.25, -0.2) is 0 Å². The van der Waals surface area contributed by atoms with Gasteiger partial charge in [0.15, 0.2) is 5.78 Å². The van der Waals surface area contributed by atoms with Gasteiger partial charge in [-0.2, -0.15) is 0 Å². The highest BCUT2D eigenvalue weighted by molar-refractivity contribution is 6.06. The molecule has 0 aliphatic heterocycles. The Kier molecular flexibility index (Phi) is 1.78. The van der Waals surface area contributed by atoms with Crippen molar-refractivity contribution in [3.8, 4) is 0 Å². The first kappa shape index (κ1) is 9.23. The van der Waals surface area contributed by atoms with Crippen LogP contribution in [0.3, 0.4) is 0 Å². The van der Waals surface area contributed by atoms with E-state index in [1.54, 1.807) is 0 Å². The first-order valence-electron chi connectivity index (χ1n) is 4.09. The van der Waals surface area contributed by atoms with Gasteiger partial charge in [0, 0.05) is 5.41 Å². The standard InChI is InChI=1S/C9H14O3/c1-8(2)4-5-9(3,6(8)10)7(11)12/h4-5H2,1-3H3,(H,11,12)/t9-/m1/s1. The molecule has 0 heterocycles. The predicted molar refractivity (Wildman–Crippen MR) is 43.8 cm³/mol. The molecule has 0 amide bonds. The van der Waals surface area contributed by atoms with Crippen molar-refractivity contribution in [2.24, 2.45) is 10.8 Å². The van der Waals surface area contributed by atoms with E-state index in [4.69, 9.17) is 5.11 Å². The molecule has 1 aliphatic rings. The Morgan fingerprint density at radius 2 is 1.83 bits per heavy atom. The second kappa shape index (κ2) is 2.31. The SMILES string of the molecule is CC1(C)CC[C@@](C)(C(=O)O)C1=O. The lowest BCUT2D eigenvalue weighted by molar-refractivity contribution is -0.153. The Balaban J connectivity index is 3.01. The van der Waals surface area contributed by atoms with Crippen molar-refractivity contribution in [3.05, 3.63) is 0 Å². The van der Waals surface area contributed by atoms with Gasteiger partial charge in [0.25, 0.3) is 0 Å². The van der Waals surface area contributed by atoms with E-state index in [0.717, 1.165) is 0 Å². The fraction of sp³-hybridized carbons (Fsp3) is 0.778. The number of carboxylic acids is 1. The minimum absolute atomic E-state index is 0.137. The zero-order valence-electron chi connectivity index (χ0n) is 7.68. The van der Waals surface area contributed by atoms with Gasteiger partial charge in [0.1, 0.15) is 5.41 Å². The first-order valence-corrected chi connectivity index (χ1v) is 4.09. The van der Waals surface area contributed by atoms with Crippen molar-refractivity contribution in [2.45, 2.75) is 33.6 Å². The van der Waals surface area contributed by atoms with E-state index < -0.39 is 16.8 Å². The molecule has 1 saturated carbocycles. The van der Waals surface area contributed by atoms with Crippen LogP contribution in [0.1, 0.15) is 33.6 Å². The van der Waals surface area contributed by atoms with Crippen molar-refractivity contribution >= 4 is 11.8 Å². The smallest absolute Gasteiger partial charge is 0.316 e. The van der Waals surface area contributed by atoms with Crippen molar-refractivity contribution in [2.75, 3.05) is 0 Å². The summed E-state index contributed by atoms with van der Waals surface area (Å²) in [5.41, 5.74) is -1.59. The van der Waals surface area contributed by atoms with Gasteiger partial charge in [-0.05, 0) is 19.8 Å². The lowest BCUT2D eigenvalue weighted by atomic mass is 9.81. The van der Waals surface area contributed by atoms with Crippen LogP contribution in [0.4, 0.5) is 0 Å². The highest BCUT2D eigenvalue weighted by Gasteiger charge is 2.53. The molecule has 12 heavy (non-hydrogen) atoms. The van der Waals surface area contributed by atoms with Crippen LogP contribution in [-0.2, 0) is 9.59 Å². The van der Waals surface area contributed by atoms with Crippen molar-refractivity contribution < 1.29 is 14.7 Å². The molecular weight excluding hydrogens is 156 g/mol. The van der Waals surface area contributed by atoms with Gasteiger partial charge < -0.3 is 5.11 Å². The van der Waals surface area contributed by atoms with Crippen molar-refractivity contribution in [1.29, 1.82) is 0 Å². The highest BCUT2D eigenvalue weighted by Crippen LogP contribution is 2.45. The second-order valence-corrected chi connectivity index (χ2v) is 4.35. The number of carbonyl (C=O) groups excluding carboxylic acids is 1. The molecule has 0 aromatic heterocycles. The van der Waals surface area contributed by atoms with E-state index in [9.17, 15) is 9.59 Å². The summed E-state index contributed by atoms with van der Waals surface area (Å²) >= 11 is 0. The van der Waals surface area contributed by atoms with E-state index in [-0.39, 0.29) is 5.78 Å². The van der Waals surface area contributed by atoms with Crippen LogP contribution in [0.15, 0.2) is 0 Å². The number of hydrogen-bond donors (Lipinski definition) is 1. The van der Waals surface area contributed by atoms with Gasteiger partial charge >= 0.3 is 5.97 Å². The molecular formula is C9H14O3. The summed E-state index contributed by atoms with van der Waals surface area (Å²) in [6.07, 6.45) is 1.14. The number of Topliss-reactive ketones (excluding diaryl/α,β-unsaturated/α-hetero) is 1. The summed E-state index contributed by atoms with van der Waals surface area (Å²) in [5.74, 6) is -1.12. The molecule has 0 unspecified atom stereocenters. The van der Waals surface area contributed by atoms with Crippen LogP contribution < -0.4 is 0 Å². The molecule has 1 aliphatic carbocycles. The van der Waals surface area contributed by atoms with Crippen LogP contribution in [0, 0.1) is 10.8 Å². The molecule has 0 bridgehead atoms.